The van der Waals surface area contributed by atoms with E-state index in [9.17, 15) is 9.59 Å². The molecule has 0 aromatic heterocycles. The summed E-state index contributed by atoms with van der Waals surface area (Å²) in [4.78, 5) is 26.6. The highest BCUT2D eigenvalue weighted by atomic mass is 16.2. The number of hydrogen-bond acceptors (Lipinski definition) is 2. The zero-order valence-electron chi connectivity index (χ0n) is 11.9. The Morgan fingerprint density at radius 2 is 2.05 bits per heavy atom. The molecule has 0 radical (unpaired) electrons. The first-order chi connectivity index (χ1) is 9.69. The third-order valence-corrected chi connectivity index (χ3v) is 3.41. The van der Waals surface area contributed by atoms with Gasteiger partial charge in [-0.05, 0) is 25.5 Å². The lowest BCUT2D eigenvalue weighted by Gasteiger charge is -2.23. The highest BCUT2D eigenvalue weighted by molar-refractivity contribution is 6.11. The van der Waals surface area contributed by atoms with Crippen LogP contribution in [0.1, 0.15) is 37.0 Å². The summed E-state index contributed by atoms with van der Waals surface area (Å²) in [7, 11) is 0. The lowest BCUT2D eigenvalue weighted by atomic mass is 10.1. The molecule has 4 nitrogen and oxygen atoms in total. The van der Waals surface area contributed by atoms with Gasteiger partial charge in [0, 0.05) is 6.54 Å². The number of anilines is 1. The van der Waals surface area contributed by atoms with Crippen LogP contribution in [0.25, 0.3) is 0 Å². The Hall–Kier alpha value is -2.10. The van der Waals surface area contributed by atoms with Gasteiger partial charge in [0.1, 0.15) is 6.04 Å². The minimum Gasteiger partial charge on any atom is -0.340 e. The number of para-hydroxylation sites is 1. The molecule has 20 heavy (non-hydrogen) atoms. The van der Waals surface area contributed by atoms with Gasteiger partial charge in [-0.15, -0.1) is 0 Å². The summed E-state index contributed by atoms with van der Waals surface area (Å²) >= 11 is 0. The number of benzene rings is 1. The van der Waals surface area contributed by atoms with Crippen LogP contribution in [0.15, 0.2) is 36.4 Å². The lowest BCUT2D eigenvalue weighted by molar-refractivity contribution is -0.120. The fourth-order valence-electron chi connectivity index (χ4n) is 2.39. The lowest BCUT2D eigenvalue weighted by Crippen LogP contribution is -2.45. The number of nitrogens with zero attached hydrogens (tertiary/aromatic N) is 1. The molecule has 2 rings (SSSR count). The quantitative estimate of drug-likeness (QED) is 0.856. The van der Waals surface area contributed by atoms with E-state index in [1.807, 2.05) is 44.2 Å². The average Bonchev–Trinajstić information content (AvgIpc) is 2.55. The molecule has 106 valence electrons. The minimum absolute atomic E-state index is 0.0387. The summed E-state index contributed by atoms with van der Waals surface area (Å²) in [5.41, 5.74) is 1.25. The number of fused-ring (bicyclic) bond motifs is 1. The van der Waals surface area contributed by atoms with Crippen molar-refractivity contribution in [1.29, 1.82) is 0 Å². The van der Waals surface area contributed by atoms with Gasteiger partial charge in [-0.3, -0.25) is 9.59 Å². The minimum atomic E-state index is -0.440. The molecular weight excluding hydrogens is 252 g/mol. The zero-order chi connectivity index (χ0) is 14.5. The molecule has 1 atom stereocenters. The number of amides is 2. The Balaban J connectivity index is 2.45. The van der Waals surface area contributed by atoms with Crippen LogP contribution in [0.5, 0.6) is 0 Å². The molecule has 1 N–H and O–H groups in total. The number of allylic oxidation sites excluding steroid dienone is 1. The van der Waals surface area contributed by atoms with Crippen molar-refractivity contribution < 1.29 is 9.59 Å². The largest absolute Gasteiger partial charge is 0.340 e. The monoisotopic (exact) mass is 272 g/mol. The summed E-state index contributed by atoms with van der Waals surface area (Å²) < 4.78 is 0. The van der Waals surface area contributed by atoms with Crippen LogP contribution in [0.4, 0.5) is 5.69 Å². The molecule has 0 saturated carbocycles. The van der Waals surface area contributed by atoms with Crippen molar-refractivity contribution in [2.24, 2.45) is 0 Å². The van der Waals surface area contributed by atoms with Crippen molar-refractivity contribution in [2.45, 2.75) is 32.7 Å². The second kappa shape index (κ2) is 6.37. The Morgan fingerprint density at radius 1 is 1.30 bits per heavy atom. The van der Waals surface area contributed by atoms with Gasteiger partial charge in [0.25, 0.3) is 5.91 Å². The first-order valence-corrected chi connectivity index (χ1v) is 7.01. The number of nitrogens with one attached hydrogen (secondary N) is 1. The van der Waals surface area contributed by atoms with Gasteiger partial charge in [-0.2, -0.15) is 0 Å². The van der Waals surface area contributed by atoms with Crippen molar-refractivity contribution in [3.8, 4) is 0 Å². The number of carbonyl (C=O) groups excluding carboxylic acids is 2. The van der Waals surface area contributed by atoms with Crippen LogP contribution in [0.2, 0.25) is 0 Å². The van der Waals surface area contributed by atoms with E-state index in [2.05, 4.69) is 5.32 Å². The topological polar surface area (TPSA) is 49.4 Å². The number of carbonyl (C=O) groups is 2. The van der Waals surface area contributed by atoms with Crippen LogP contribution in [-0.4, -0.2) is 24.4 Å². The van der Waals surface area contributed by atoms with Crippen molar-refractivity contribution in [3.05, 3.63) is 42.0 Å². The molecule has 0 bridgehead atoms. The van der Waals surface area contributed by atoms with Crippen LogP contribution in [0.3, 0.4) is 0 Å². The molecule has 0 fully saturated rings. The van der Waals surface area contributed by atoms with Crippen LogP contribution >= 0.6 is 0 Å². The van der Waals surface area contributed by atoms with Crippen molar-refractivity contribution in [2.75, 3.05) is 11.4 Å². The molecular formula is C16H20N2O2. The van der Waals surface area contributed by atoms with Crippen LogP contribution in [0, 0.1) is 0 Å². The predicted octanol–water partition coefficient (Wildman–Crippen LogP) is 2.51. The summed E-state index contributed by atoms with van der Waals surface area (Å²) in [5.74, 6) is -0.210. The van der Waals surface area contributed by atoms with Crippen molar-refractivity contribution in [1.82, 2.24) is 5.32 Å². The molecule has 4 heteroatoms. The normalized spacial score (nSPS) is 18.9. The summed E-state index contributed by atoms with van der Waals surface area (Å²) in [6.07, 6.45) is 5.34. The van der Waals surface area contributed by atoms with Gasteiger partial charge < -0.3 is 10.2 Å². The highest BCUT2D eigenvalue weighted by Crippen LogP contribution is 2.25. The van der Waals surface area contributed by atoms with Gasteiger partial charge in [-0.25, -0.2) is 0 Å². The highest BCUT2D eigenvalue weighted by Gasteiger charge is 2.32. The molecule has 1 aromatic carbocycles. The fourth-order valence-corrected chi connectivity index (χ4v) is 2.39. The van der Waals surface area contributed by atoms with Gasteiger partial charge in [0.2, 0.25) is 5.91 Å². The third kappa shape index (κ3) is 2.74. The second-order valence-electron chi connectivity index (χ2n) is 4.85. The Bertz CT molecular complexity index is 537. The third-order valence-electron chi connectivity index (χ3n) is 3.41. The molecule has 1 aliphatic rings. The molecule has 1 heterocycles. The van der Waals surface area contributed by atoms with E-state index < -0.39 is 6.04 Å². The molecule has 1 aliphatic heterocycles. The number of rotatable bonds is 4. The Kier molecular flexibility index (Phi) is 4.56. The second-order valence-corrected chi connectivity index (χ2v) is 4.85. The van der Waals surface area contributed by atoms with Crippen molar-refractivity contribution >= 4 is 17.5 Å². The smallest absolute Gasteiger partial charge is 0.254 e. The maximum atomic E-state index is 12.6. The van der Waals surface area contributed by atoms with E-state index in [1.165, 1.54) is 0 Å². The standard InChI is InChI=1S/C16H20N2O2/c1-3-5-11-18-14-10-7-6-9-12(14)15(19)17-13(8-4-2)16(18)20/h3,5-7,9-10,13H,4,8,11H2,1-2H3,(H,17,19)/b5-3+. The number of hydrogen-bond donors (Lipinski definition) is 1. The molecule has 1 aromatic rings. The van der Waals surface area contributed by atoms with E-state index in [4.69, 9.17) is 0 Å². The first-order valence-electron chi connectivity index (χ1n) is 7.01. The van der Waals surface area contributed by atoms with Gasteiger partial charge in [0.05, 0.1) is 11.3 Å². The predicted molar refractivity (Wildman–Crippen MR) is 79.8 cm³/mol. The average molecular weight is 272 g/mol. The van der Waals surface area contributed by atoms with E-state index in [0.29, 0.717) is 24.2 Å². The molecule has 0 aliphatic carbocycles. The SMILES string of the molecule is C/C=C/CN1C(=O)C(CCC)NC(=O)c2ccccc21. The first kappa shape index (κ1) is 14.3. The Morgan fingerprint density at radius 3 is 2.75 bits per heavy atom. The summed E-state index contributed by atoms with van der Waals surface area (Å²) in [5, 5.41) is 2.84. The fraction of sp³-hybridized carbons (Fsp3) is 0.375. The van der Waals surface area contributed by atoms with Gasteiger partial charge in [-0.1, -0.05) is 37.6 Å². The maximum absolute atomic E-state index is 12.6. The maximum Gasteiger partial charge on any atom is 0.254 e. The summed E-state index contributed by atoms with van der Waals surface area (Å²) in [6.45, 7) is 4.41. The van der Waals surface area contributed by atoms with E-state index in [1.54, 1.807) is 11.0 Å². The van der Waals surface area contributed by atoms with Gasteiger partial charge in [0.15, 0.2) is 0 Å². The molecule has 1 unspecified atom stereocenters. The molecule has 0 spiro atoms. The molecule has 2 amide bonds. The van der Waals surface area contributed by atoms with Gasteiger partial charge >= 0.3 is 0 Å². The van der Waals surface area contributed by atoms with Crippen molar-refractivity contribution in [3.63, 3.8) is 0 Å². The van der Waals surface area contributed by atoms with E-state index >= 15 is 0 Å². The van der Waals surface area contributed by atoms with E-state index in [0.717, 1.165) is 6.42 Å². The zero-order valence-corrected chi connectivity index (χ0v) is 11.9. The Labute approximate surface area is 119 Å². The van der Waals surface area contributed by atoms with E-state index in [-0.39, 0.29) is 11.8 Å². The van der Waals surface area contributed by atoms with Crippen LogP contribution < -0.4 is 10.2 Å². The summed E-state index contributed by atoms with van der Waals surface area (Å²) in [6, 6.07) is 6.81. The molecule has 0 saturated heterocycles. The van der Waals surface area contributed by atoms with Crippen LogP contribution in [-0.2, 0) is 4.79 Å².